The minimum atomic E-state index is 0.0148. The number of hydrogen-bond acceptors (Lipinski definition) is 7. The fraction of sp³-hybridized carbons (Fsp3) is 0.320. The molecule has 2 heterocycles. The van der Waals surface area contributed by atoms with E-state index in [0.29, 0.717) is 24.7 Å². The number of piperidine rings is 1. The molecule has 0 radical (unpaired) electrons. The van der Waals surface area contributed by atoms with Crippen molar-refractivity contribution in [2.24, 2.45) is 0 Å². The number of nitrogens with one attached hydrogen (secondary N) is 1. The van der Waals surface area contributed by atoms with Crippen molar-refractivity contribution in [3.05, 3.63) is 54.4 Å². The zero-order chi connectivity index (χ0) is 23.0. The lowest BCUT2D eigenvalue weighted by Gasteiger charge is -2.31. The van der Waals surface area contributed by atoms with Crippen LogP contribution in [-0.4, -0.2) is 60.5 Å². The van der Waals surface area contributed by atoms with Crippen LogP contribution < -0.4 is 10.1 Å². The van der Waals surface area contributed by atoms with Crippen molar-refractivity contribution in [1.29, 1.82) is 0 Å². The smallest absolute Gasteiger partial charge is 0.248 e. The van der Waals surface area contributed by atoms with Gasteiger partial charge in [0.1, 0.15) is 24.5 Å². The highest BCUT2D eigenvalue weighted by molar-refractivity contribution is 5.91. The summed E-state index contributed by atoms with van der Waals surface area (Å²) in [6.07, 6.45) is 8.62. The van der Waals surface area contributed by atoms with Gasteiger partial charge in [0.15, 0.2) is 6.79 Å². The van der Waals surface area contributed by atoms with Crippen molar-refractivity contribution in [3.63, 3.8) is 0 Å². The second kappa shape index (κ2) is 10.8. The summed E-state index contributed by atoms with van der Waals surface area (Å²) in [5, 5.41) is 4.13. The summed E-state index contributed by atoms with van der Waals surface area (Å²) in [7, 11) is 1.53. The van der Waals surface area contributed by atoms with Gasteiger partial charge in [-0.05, 0) is 49.2 Å². The molecule has 1 saturated heterocycles. The van der Waals surface area contributed by atoms with Gasteiger partial charge in [-0.25, -0.2) is 9.97 Å². The van der Waals surface area contributed by atoms with Crippen LogP contribution in [0, 0.1) is 12.3 Å². The summed E-state index contributed by atoms with van der Waals surface area (Å²) in [5.41, 5.74) is 2.42. The Kier molecular flexibility index (Phi) is 7.35. The number of rotatable bonds is 8. The van der Waals surface area contributed by atoms with E-state index in [9.17, 15) is 4.79 Å². The number of anilines is 2. The van der Waals surface area contributed by atoms with E-state index >= 15 is 0 Å². The van der Waals surface area contributed by atoms with Gasteiger partial charge in [0, 0.05) is 36.8 Å². The van der Waals surface area contributed by atoms with Crippen molar-refractivity contribution in [2.75, 3.05) is 38.9 Å². The molecular weight excluding hydrogens is 420 g/mol. The second-order valence-corrected chi connectivity index (χ2v) is 7.69. The Hall–Kier alpha value is -3.67. The molecule has 2 aromatic carbocycles. The number of hydrogen-bond donors (Lipinski definition) is 1. The van der Waals surface area contributed by atoms with E-state index in [4.69, 9.17) is 20.6 Å². The van der Waals surface area contributed by atoms with Gasteiger partial charge in [0.05, 0.1) is 11.6 Å². The number of nitrogens with zero attached hydrogens (tertiary/aromatic N) is 3. The molecule has 8 heteroatoms. The number of carbonyl (C=O) groups excluding carboxylic acids is 1. The Labute approximate surface area is 192 Å². The van der Waals surface area contributed by atoms with Crippen LogP contribution in [0.5, 0.6) is 5.75 Å². The fourth-order valence-corrected chi connectivity index (χ4v) is 3.73. The molecule has 3 aromatic rings. The lowest BCUT2D eigenvalue weighted by molar-refractivity contribution is -0.138. The predicted molar refractivity (Wildman–Crippen MR) is 125 cm³/mol. The van der Waals surface area contributed by atoms with Gasteiger partial charge < -0.3 is 24.4 Å². The van der Waals surface area contributed by atoms with Crippen LogP contribution in [0.1, 0.15) is 18.4 Å². The Morgan fingerprint density at radius 2 is 2.06 bits per heavy atom. The third-order valence-electron chi connectivity index (χ3n) is 5.49. The molecule has 1 N–H and O–H groups in total. The van der Waals surface area contributed by atoms with Gasteiger partial charge in [0.25, 0.3) is 0 Å². The molecule has 33 heavy (non-hydrogen) atoms. The first-order valence-electron chi connectivity index (χ1n) is 10.8. The molecular formula is C25H26N4O4. The number of fused-ring (bicyclic) bond motifs is 1. The van der Waals surface area contributed by atoms with Crippen molar-refractivity contribution in [3.8, 4) is 18.1 Å². The molecule has 8 nitrogen and oxygen atoms in total. The number of carbonyl (C=O) groups is 1. The highest BCUT2D eigenvalue weighted by Gasteiger charge is 2.23. The van der Waals surface area contributed by atoms with Crippen molar-refractivity contribution in [1.82, 2.24) is 14.9 Å². The van der Waals surface area contributed by atoms with Crippen molar-refractivity contribution >= 4 is 28.3 Å². The molecule has 1 aliphatic heterocycles. The standard InChI is InChI=1S/C25H26N4O4/c1-3-18-5-4-6-19(13-18)28-25-22-14-21(7-8-23(22)26-16-27-25)33-17-32-20-9-11-29(12-10-20)24(30)15-31-2/h1,4-8,13-14,16,20H,9-12,15,17H2,2H3,(H,26,27,28). The fourth-order valence-electron chi connectivity index (χ4n) is 3.73. The molecule has 1 amide bonds. The minimum absolute atomic E-state index is 0.0148. The lowest BCUT2D eigenvalue weighted by Crippen LogP contribution is -2.42. The SMILES string of the molecule is C#Cc1cccc(Nc2ncnc3ccc(OCOC4CCN(C(=O)COC)CC4)cc23)c1. The topological polar surface area (TPSA) is 85.8 Å². The summed E-state index contributed by atoms with van der Waals surface area (Å²) in [6.45, 7) is 1.57. The summed E-state index contributed by atoms with van der Waals surface area (Å²) >= 11 is 0. The van der Waals surface area contributed by atoms with Crippen LogP contribution in [-0.2, 0) is 14.3 Å². The average molecular weight is 447 g/mol. The highest BCUT2D eigenvalue weighted by Crippen LogP contribution is 2.27. The summed E-state index contributed by atoms with van der Waals surface area (Å²) < 4.78 is 16.6. The van der Waals surface area contributed by atoms with Gasteiger partial charge in [0.2, 0.25) is 5.91 Å². The molecule has 1 fully saturated rings. The molecule has 0 saturated carbocycles. The summed E-state index contributed by atoms with van der Waals surface area (Å²) in [5.74, 6) is 3.96. The number of benzene rings is 2. The molecule has 0 aliphatic carbocycles. The van der Waals surface area contributed by atoms with E-state index in [2.05, 4.69) is 21.2 Å². The first-order chi connectivity index (χ1) is 16.2. The first-order valence-corrected chi connectivity index (χ1v) is 10.8. The monoisotopic (exact) mass is 446 g/mol. The predicted octanol–water partition coefficient (Wildman–Crippen LogP) is 3.35. The average Bonchev–Trinajstić information content (AvgIpc) is 2.85. The van der Waals surface area contributed by atoms with Gasteiger partial charge in [-0.15, -0.1) is 6.42 Å². The molecule has 170 valence electrons. The minimum Gasteiger partial charge on any atom is -0.468 e. The van der Waals surface area contributed by atoms with E-state index in [0.717, 1.165) is 35.0 Å². The van der Waals surface area contributed by atoms with E-state index in [1.807, 2.05) is 42.5 Å². The largest absolute Gasteiger partial charge is 0.468 e. The van der Waals surface area contributed by atoms with Crippen LogP contribution in [0.3, 0.4) is 0 Å². The maximum Gasteiger partial charge on any atom is 0.248 e. The third kappa shape index (κ3) is 5.77. The number of ether oxygens (including phenoxy) is 3. The van der Waals surface area contributed by atoms with E-state index in [-0.39, 0.29) is 25.4 Å². The summed E-state index contributed by atoms with van der Waals surface area (Å²) in [6, 6.07) is 13.2. The van der Waals surface area contributed by atoms with Crippen LogP contribution in [0.4, 0.5) is 11.5 Å². The number of terminal acetylenes is 1. The summed E-state index contributed by atoms with van der Waals surface area (Å²) in [4.78, 5) is 22.4. The van der Waals surface area contributed by atoms with Crippen LogP contribution >= 0.6 is 0 Å². The van der Waals surface area contributed by atoms with Crippen LogP contribution in [0.15, 0.2) is 48.8 Å². The first kappa shape index (κ1) is 22.5. The Morgan fingerprint density at radius 3 is 2.85 bits per heavy atom. The maximum atomic E-state index is 11.9. The molecule has 0 bridgehead atoms. The Bertz CT molecular complexity index is 1150. The molecule has 1 aromatic heterocycles. The quantitative estimate of drug-likeness (QED) is 0.420. The number of methoxy groups -OCH3 is 1. The van der Waals surface area contributed by atoms with Crippen LogP contribution in [0.2, 0.25) is 0 Å². The number of likely N-dealkylation sites (tertiary alicyclic amines) is 1. The Morgan fingerprint density at radius 1 is 1.21 bits per heavy atom. The molecule has 4 rings (SSSR count). The van der Waals surface area contributed by atoms with Gasteiger partial charge in [-0.2, -0.15) is 0 Å². The van der Waals surface area contributed by atoms with Gasteiger partial charge in [-0.3, -0.25) is 4.79 Å². The maximum absolute atomic E-state index is 11.9. The molecule has 1 aliphatic rings. The number of aromatic nitrogens is 2. The Balaban J connectivity index is 1.36. The van der Waals surface area contributed by atoms with Crippen molar-refractivity contribution in [2.45, 2.75) is 18.9 Å². The van der Waals surface area contributed by atoms with E-state index in [1.54, 1.807) is 4.90 Å². The molecule has 0 unspecified atom stereocenters. The third-order valence-corrected chi connectivity index (χ3v) is 5.49. The number of amides is 1. The van der Waals surface area contributed by atoms with Crippen molar-refractivity contribution < 1.29 is 19.0 Å². The molecule has 0 atom stereocenters. The second-order valence-electron chi connectivity index (χ2n) is 7.69. The van der Waals surface area contributed by atoms with E-state index in [1.165, 1.54) is 13.4 Å². The normalized spacial score (nSPS) is 14.1. The highest BCUT2D eigenvalue weighted by atomic mass is 16.7. The lowest BCUT2D eigenvalue weighted by atomic mass is 10.1. The van der Waals surface area contributed by atoms with E-state index < -0.39 is 0 Å². The molecule has 0 spiro atoms. The van der Waals surface area contributed by atoms with Crippen LogP contribution in [0.25, 0.3) is 10.9 Å². The zero-order valence-corrected chi connectivity index (χ0v) is 18.5. The zero-order valence-electron chi connectivity index (χ0n) is 18.5. The van der Waals surface area contributed by atoms with Gasteiger partial charge >= 0.3 is 0 Å². The van der Waals surface area contributed by atoms with Gasteiger partial charge in [-0.1, -0.05) is 12.0 Å².